The normalized spacial score (nSPS) is 15.5. The molecule has 0 aliphatic rings. The molecule has 0 amide bonds. The Morgan fingerprint density at radius 3 is 2.45 bits per heavy atom. The first-order chi connectivity index (χ1) is 5.18. The Bertz CT molecular complexity index is 129. The molecule has 0 bridgehead atoms. The Labute approximate surface area is 74.9 Å². The van der Waals surface area contributed by atoms with Gasteiger partial charge in [-0.2, -0.15) is 0 Å². The largest absolute Gasteiger partial charge is 0.126 e. The Morgan fingerprint density at radius 2 is 2.09 bits per heavy atom. The van der Waals surface area contributed by atoms with Gasteiger partial charge >= 0.3 is 0 Å². The van der Waals surface area contributed by atoms with Crippen LogP contribution >= 0.6 is 11.6 Å². The van der Waals surface area contributed by atoms with Gasteiger partial charge in [-0.15, -0.1) is 24.8 Å². The highest BCUT2D eigenvalue weighted by Crippen LogP contribution is 2.26. The molecule has 0 saturated heterocycles. The summed E-state index contributed by atoms with van der Waals surface area (Å²) in [6.45, 7) is 9.58. The molecule has 0 fully saturated rings. The molecule has 0 aliphatic carbocycles. The van der Waals surface area contributed by atoms with Gasteiger partial charge in [-0.05, 0) is 24.7 Å². The molecule has 1 unspecified atom stereocenters. The minimum absolute atomic E-state index is 0.116. The molecule has 0 aromatic rings. The predicted octanol–water partition coefficient (Wildman–Crippen LogP) is 3.77. The molecular formula is C10H17Cl. The van der Waals surface area contributed by atoms with Gasteiger partial charge < -0.3 is 0 Å². The maximum absolute atomic E-state index is 5.79. The van der Waals surface area contributed by atoms with Crippen molar-refractivity contribution in [2.24, 2.45) is 5.41 Å². The second-order valence-electron chi connectivity index (χ2n) is 3.17. The van der Waals surface area contributed by atoms with Crippen LogP contribution in [0.4, 0.5) is 0 Å². The van der Waals surface area contributed by atoms with Crippen molar-refractivity contribution >= 4 is 11.6 Å². The summed E-state index contributed by atoms with van der Waals surface area (Å²) in [5.41, 5.74) is 0.116. The number of allylic oxidation sites excluding steroid dienone is 2. The lowest BCUT2D eigenvalue weighted by Gasteiger charge is -2.21. The molecule has 0 N–H and O–H groups in total. The first kappa shape index (κ1) is 10.8. The van der Waals surface area contributed by atoms with Gasteiger partial charge in [-0.3, -0.25) is 0 Å². The van der Waals surface area contributed by atoms with Crippen molar-refractivity contribution in [2.75, 3.05) is 5.88 Å². The number of rotatable bonds is 6. The zero-order valence-electron chi connectivity index (χ0n) is 7.28. The molecule has 0 aromatic carbocycles. The number of hydrogen-bond acceptors (Lipinski definition) is 0. The van der Waals surface area contributed by atoms with E-state index in [9.17, 15) is 0 Å². The highest BCUT2D eigenvalue weighted by molar-refractivity contribution is 6.18. The molecule has 0 aliphatic heterocycles. The van der Waals surface area contributed by atoms with Crippen LogP contribution in [0.3, 0.4) is 0 Å². The second kappa shape index (κ2) is 5.42. The second-order valence-corrected chi connectivity index (χ2v) is 3.44. The summed E-state index contributed by atoms with van der Waals surface area (Å²) < 4.78 is 0. The first-order valence-electron chi connectivity index (χ1n) is 3.99. The summed E-state index contributed by atoms with van der Waals surface area (Å²) in [7, 11) is 0. The predicted molar refractivity (Wildman–Crippen MR) is 53.1 cm³/mol. The van der Waals surface area contributed by atoms with Crippen LogP contribution in [0.2, 0.25) is 0 Å². The van der Waals surface area contributed by atoms with E-state index in [-0.39, 0.29) is 5.41 Å². The summed E-state index contributed by atoms with van der Waals surface area (Å²) in [5.74, 6) is 0.660. The number of unbranched alkanes of at least 4 members (excludes halogenated alkanes) is 1. The lowest BCUT2D eigenvalue weighted by Crippen LogP contribution is -2.14. The average molecular weight is 173 g/mol. The molecule has 0 saturated carbocycles. The van der Waals surface area contributed by atoms with Crippen LogP contribution in [0, 0.1) is 5.41 Å². The van der Waals surface area contributed by atoms with E-state index in [2.05, 4.69) is 20.1 Å². The van der Waals surface area contributed by atoms with E-state index in [0.717, 1.165) is 19.3 Å². The van der Waals surface area contributed by atoms with Crippen molar-refractivity contribution in [2.45, 2.75) is 26.2 Å². The van der Waals surface area contributed by atoms with Crippen LogP contribution in [0.1, 0.15) is 26.2 Å². The van der Waals surface area contributed by atoms with Gasteiger partial charge in [0.2, 0.25) is 0 Å². The quantitative estimate of drug-likeness (QED) is 0.325. The molecule has 0 spiro atoms. The maximum Gasteiger partial charge on any atom is 0.0311 e. The zero-order chi connectivity index (χ0) is 8.74. The van der Waals surface area contributed by atoms with Crippen molar-refractivity contribution in [1.29, 1.82) is 0 Å². The smallest absolute Gasteiger partial charge is 0.0311 e. The first-order valence-corrected chi connectivity index (χ1v) is 4.52. The third-order valence-corrected chi connectivity index (χ3v) is 2.56. The van der Waals surface area contributed by atoms with Gasteiger partial charge in [-0.1, -0.05) is 19.1 Å². The van der Waals surface area contributed by atoms with E-state index >= 15 is 0 Å². The third-order valence-electron chi connectivity index (χ3n) is 1.95. The fourth-order valence-electron chi connectivity index (χ4n) is 0.874. The monoisotopic (exact) mass is 172 g/mol. The lowest BCUT2D eigenvalue weighted by atomic mass is 9.87. The molecule has 0 radical (unpaired) electrons. The van der Waals surface area contributed by atoms with E-state index in [4.69, 9.17) is 11.6 Å². The van der Waals surface area contributed by atoms with Gasteiger partial charge in [0.25, 0.3) is 0 Å². The van der Waals surface area contributed by atoms with Gasteiger partial charge in [0, 0.05) is 5.88 Å². The fourth-order valence-corrected chi connectivity index (χ4v) is 1.12. The van der Waals surface area contributed by atoms with Crippen LogP contribution < -0.4 is 0 Å². The molecular weight excluding hydrogens is 156 g/mol. The van der Waals surface area contributed by atoms with Crippen molar-refractivity contribution in [3.63, 3.8) is 0 Å². The Hall–Kier alpha value is -0.230. The van der Waals surface area contributed by atoms with Crippen molar-refractivity contribution in [3.8, 4) is 0 Å². The molecule has 1 atom stereocenters. The molecule has 64 valence electrons. The van der Waals surface area contributed by atoms with Gasteiger partial charge in [-0.25, -0.2) is 0 Å². The van der Waals surface area contributed by atoms with Crippen molar-refractivity contribution in [3.05, 3.63) is 25.3 Å². The summed E-state index contributed by atoms with van der Waals surface area (Å²) in [4.78, 5) is 0. The van der Waals surface area contributed by atoms with E-state index in [0.29, 0.717) is 5.88 Å². The van der Waals surface area contributed by atoms with Gasteiger partial charge in [0.15, 0.2) is 0 Å². The molecule has 11 heavy (non-hydrogen) atoms. The minimum Gasteiger partial charge on any atom is -0.126 e. The minimum atomic E-state index is 0.116. The van der Waals surface area contributed by atoms with Gasteiger partial charge in [0.05, 0.1) is 0 Å². The van der Waals surface area contributed by atoms with E-state index in [1.807, 2.05) is 12.2 Å². The molecule has 0 rings (SSSR count). The van der Waals surface area contributed by atoms with Crippen LogP contribution in [0.15, 0.2) is 25.3 Å². The van der Waals surface area contributed by atoms with Crippen LogP contribution in [0.25, 0.3) is 0 Å². The standard InChI is InChI=1S/C10H17Cl/c1-4-6-7-8-10(3,5-2)9-11/h4-5H,1-2,6-9H2,3H3. The summed E-state index contributed by atoms with van der Waals surface area (Å²) in [6, 6.07) is 0. The number of alkyl halides is 1. The Morgan fingerprint density at radius 1 is 1.45 bits per heavy atom. The third kappa shape index (κ3) is 4.26. The maximum atomic E-state index is 5.79. The zero-order valence-corrected chi connectivity index (χ0v) is 8.03. The molecule has 0 heterocycles. The number of hydrogen-bond donors (Lipinski definition) is 0. The van der Waals surface area contributed by atoms with Crippen molar-refractivity contribution < 1.29 is 0 Å². The summed E-state index contributed by atoms with van der Waals surface area (Å²) in [6.07, 6.45) is 7.21. The molecule has 0 aromatic heterocycles. The molecule has 0 nitrogen and oxygen atoms in total. The number of halogens is 1. The van der Waals surface area contributed by atoms with Crippen molar-refractivity contribution in [1.82, 2.24) is 0 Å². The molecule has 1 heteroatoms. The highest BCUT2D eigenvalue weighted by atomic mass is 35.5. The highest BCUT2D eigenvalue weighted by Gasteiger charge is 2.17. The Kier molecular flexibility index (Phi) is 5.31. The SMILES string of the molecule is C=CCCCC(C)(C=C)CCl. The van der Waals surface area contributed by atoms with Crippen LogP contribution in [0.5, 0.6) is 0 Å². The van der Waals surface area contributed by atoms with Crippen LogP contribution in [-0.2, 0) is 0 Å². The summed E-state index contributed by atoms with van der Waals surface area (Å²) in [5, 5.41) is 0. The average Bonchev–Trinajstić information content (AvgIpc) is 2.05. The van der Waals surface area contributed by atoms with Gasteiger partial charge in [0.1, 0.15) is 0 Å². The van der Waals surface area contributed by atoms with E-state index in [1.165, 1.54) is 0 Å². The Balaban J connectivity index is 3.68. The lowest BCUT2D eigenvalue weighted by molar-refractivity contribution is 0.431. The van der Waals surface area contributed by atoms with Crippen LogP contribution in [-0.4, -0.2) is 5.88 Å². The fraction of sp³-hybridized carbons (Fsp3) is 0.600. The van der Waals surface area contributed by atoms with E-state index < -0.39 is 0 Å². The topological polar surface area (TPSA) is 0 Å². The van der Waals surface area contributed by atoms with E-state index in [1.54, 1.807) is 0 Å². The summed E-state index contributed by atoms with van der Waals surface area (Å²) >= 11 is 5.79.